The zero-order chi connectivity index (χ0) is 17.0. The van der Waals surface area contributed by atoms with E-state index in [4.69, 9.17) is 0 Å². The maximum Gasteiger partial charge on any atom is 0.227 e. The van der Waals surface area contributed by atoms with E-state index in [9.17, 15) is 5.11 Å². The first-order valence-electron chi connectivity index (χ1n) is 9.50. The van der Waals surface area contributed by atoms with E-state index in [1.54, 1.807) is 6.33 Å². The Morgan fingerprint density at radius 1 is 1.08 bits per heavy atom. The molecule has 7 nitrogen and oxygen atoms in total. The van der Waals surface area contributed by atoms with Crippen LogP contribution >= 0.6 is 0 Å². The van der Waals surface area contributed by atoms with Gasteiger partial charge in [-0.15, -0.1) is 0 Å². The highest BCUT2D eigenvalue weighted by Crippen LogP contribution is 2.40. The van der Waals surface area contributed by atoms with Crippen molar-refractivity contribution >= 4 is 17.1 Å². The molecular weight excluding hydrogens is 316 g/mol. The van der Waals surface area contributed by atoms with Gasteiger partial charge in [0.25, 0.3) is 0 Å². The van der Waals surface area contributed by atoms with Crippen molar-refractivity contribution in [2.24, 2.45) is 18.9 Å². The second-order valence-corrected chi connectivity index (χ2v) is 8.01. The number of aryl methyl sites for hydroxylation is 1. The summed E-state index contributed by atoms with van der Waals surface area (Å²) >= 11 is 0. The number of imidazole rings is 1. The van der Waals surface area contributed by atoms with Crippen LogP contribution in [-0.4, -0.2) is 67.9 Å². The van der Waals surface area contributed by atoms with E-state index in [1.165, 1.54) is 12.8 Å². The lowest BCUT2D eigenvalue weighted by Gasteiger charge is -2.40. The number of hydrogen-bond acceptors (Lipinski definition) is 6. The Labute approximate surface area is 147 Å². The zero-order valence-electron chi connectivity index (χ0n) is 14.8. The summed E-state index contributed by atoms with van der Waals surface area (Å²) in [4.78, 5) is 18.4. The molecule has 2 saturated heterocycles. The number of rotatable bonds is 2. The zero-order valence-corrected chi connectivity index (χ0v) is 14.8. The number of aromatic nitrogens is 4. The second-order valence-electron chi connectivity index (χ2n) is 8.01. The predicted molar refractivity (Wildman–Crippen MR) is 95.3 cm³/mol. The average Bonchev–Trinajstić information content (AvgIpc) is 3.33. The molecule has 0 radical (unpaired) electrons. The average molecular weight is 342 g/mol. The summed E-state index contributed by atoms with van der Waals surface area (Å²) in [5, 5.41) is 10.7. The molecule has 4 atom stereocenters. The van der Waals surface area contributed by atoms with Crippen LogP contribution in [-0.2, 0) is 7.05 Å². The molecule has 5 rings (SSSR count). The van der Waals surface area contributed by atoms with Gasteiger partial charge in [-0.05, 0) is 50.6 Å². The number of aliphatic hydroxyl groups excluding tert-OH is 1. The third kappa shape index (κ3) is 2.60. The smallest absolute Gasteiger partial charge is 0.227 e. The molecule has 25 heavy (non-hydrogen) atoms. The van der Waals surface area contributed by atoms with Crippen molar-refractivity contribution in [2.75, 3.05) is 31.1 Å². The Morgan fingerprint density at radius 3 is 2.64 bits per heavy atom. The van der Waals surface area contributed by atoms with Crippen LogP contribution in [0.2, 0.25) is 0 Å². The number of fused-ring (bicyclic) bond motifs is 2. The Morgan fingerprint density at radius 2 is 1.84 bits per heavy atom. The normalized spacial score (nSPS) is 33.3. The molecule has 0 aromatic carbocycles. The summed E-state index contributed by atoms with van der Waals surface area (Å²) in [6.07, 6.45) is 8.04. The molecule has 0 spiro atoms. The largest absolute Gasteiger partial charge is 0.391 e. The summed E-state index contributed by atoms with van der Waals surface area (Å²) in [6.45, 7) is 4.26. The maximum absolute atomic E-state index is 10.7. The molecule has 7 heteroatoms. The quantitative estimate of drug-likeness (QED) is 0.879. The monoisotopic (exact) mass is 342 g/mol. The van der Waals surface area contributed by atoms with Gasteiger partial charge in [-0.2, -0.15) is 4.98 Å². The first kappa shape index (κ1) is 15.5. The van der Waals surface area contributed by atoms with Gasteiger partial charge >= 0.3 is 0 Å². The Bertz CT molecular complexity index is 770. The van der Waals surface area contributed by atoms with E-state index >= 15 is 0 Å². The van der Waals surface area contributed by atoms with Crippen LogP contribution in [0.25, 0.3) is 11.2 Å². The third-order valence-corrected chi connectivity index (χ3v) is 6.47. The molecule has 3 aliphatic rings. The standard InChI is InChI=1S/C18H26N6O/c1-22-11-20-17-15(22)8-19-18(21-17)24-9-12-6-14(23-4-2-3-5-23)16(25)7-13(12)10-24/h8,11-14,16,25H,2-7,9-10H2,1H3/t12-,13+,14-,16-/m1/s1. The van der Waals surface area contributed by atoms with Crippen molar-refractivity contribution in [2.45, 2.75) is 37.8 Å². The van der Waals surface area contributed by atoms with Crippen molar-refractivity contribution in [1.82, 2.24) is 24.4 Å². The molecule has 1 N–H and O–H groups in total. The molecule has 4 heterocycles. The van der Waals surface area contributed by atoms with E-state index in [2.05, 4.69) is 24.8 Å². The first-order valence-corrected chi connectivity index (χ1v) is 9.50. The lowest BCUT2D eigenvalue weighted by atomic mass is 9.77. The number of nitrogens with zero attached hydrogens (tertiary/aromatic N) is 6. The highest BCUT2D eigenvalue weighted by atomic mass is 16.3. The summed E-state index contributed by atoms with van der Waals surface area (Å²) < 4.78 is 1.94. The van der Waals surface area contributed by atoms with Crippen molar-refractivity contribution in [1.29, 1.82) is 0 Å². The Balaban J connectivity index is 1.34. The molecule has 0 unspecified atom stereocenters. The number of hydrogen-bond donors (Lipinski definition) is 1. The third-order valence-electron chi connectivity index (χ3n) is 6.47. The fraction of sp³-hybridized carbons (Fsp3) is 0.722. The summed E-state index contributed by atoms with van der Waals surface area (Å²) in [6, 6.07) is 0.350. The minimum atomic E-state index is -0.182. The number of anilines is 1. The van der Waals surface area contributed by atoms with Gasteiger partial charge in [-0.3, -0.25) is 4.90 Å². The van der Waals surface area contributed by atoms with Crippen LogP contribution < -0.4 is 4.90 Å². The molecule has 1 saturated carbocycles. The van der Waals surface area contributed by atoms with Crippen LogP contribution in [0, 0.1) is 11.8 Å². The topological polar surface area (TPSA) is 70.3 Å². The minimum absolute atomic E-state index is 0.182. The number of aliphatic hydroxyl groups is 1. The van der Waals surface area contributed by atoms with Crippen LogP contribution in [0.4, 0.5) is 5.95 Å². The van der Waals surface area contributed by atoms with Gasteiger partial charge in [0.2, 0.25) is 5.95 Å². The van der Waals surface area contributed by atoms with Crippen LogP contribution in [0.15, 0.2) is 12.5 Å². The van der Waals surface area contributed by atoms with Gasteiger partial charge in [-0.25, -0.2) is 9.97 Å². The lowest BCUT2D eigenvalue weighted by Crippen LogP contribution is -2.48. The van der Waals surface area contributed by atoms with E-state index in [0.717, 1.165) is 56.1 Å². The van der Waals surface area contributed by atoms with Crippen molar-refractivity contribution in [3.05, 3.63) is 12.5 Å². The maximum atomic E-state index is 10.7. The van der Waals surface area contributed by atoms with Crippen LogP contribution in [0.1, 0.15) is 25.7 Å². The van der Waals surface area contributed by atoms with Gasteiger partial charge in [0.1, 0.15) is 5.52 Å². The number of likely N-dealkylation sites (tertiary alicyclic amines) is 1. The molecule has 1 aliphatic carbocycles. The van der Waals surface area contributed by atoms with Gasteiger partial charge in [0, 0.05) is 26.2 Å². The Kier molecular flexibility index (Phi) is 3.67. The van der Waals surface area contributed by atoms with Crippen molar-refractivity contribution < 1.29 is 5.11 Å². The fourth-order valence-corrected chi connectivity index (χ4v) is 5.09. The van der Waals surface area contributed by atoms with Crippen LogP contribution in [0.5, 0.6) is 0 Å². The van der Waals surface area contributed by atoms with Crippen molar-refractivity contribution in [3.63, 3.8) is 0 Å². The fourth-order valence-electron chi connectivity index (χ4n) is 5.09. The minimum Gasteiger partial charge on any atom is -0.391 e. The van der Waals surface area contributed by atoms with Gasteiger partial charge in [0.15, 0.2) is 5.65 Å². The van der Waals surface area contributed by atoms with E-state index < -0.39 is 0 Å². The Hall–Kier alpha value is -1.73. The van der Waals surface area contributed by atoms with E-state index in [-0.39, 0.29) is 6.10 Å². The van der Waals surface area contributed by atoms with E-state index in [1.807, 2.05) is 17.8 Å². The molecule has 2 aliphatic heterocycles. The summed E-state index contributed by atoms with van der Waals surface area (Å²) in [5.74, 6) is 1.97. The van der Waals surface area contributed by atoms with Crippen molar-refractivity contribution in [3.8, 4) is 0 Å². The second kappa shape index (κ2) is 5.92. The molecule has 0 amide bonds. The summed E-state index contributed by atoms with van der Waals surface area (Å²) in [5.41, 5.74) is 1.72. The molecular formula is C18H26N6O. The molecule has 0 bridgehead atoms. The molecule has 2 aromatic heterocycles. The summed E-state index contributed by atoms with van der Waals surface area (Å²) in [7, 11) is 1.96. The van der Waals surface area contributed by atoms with Gasteiger partial charge in [0.05, 0.1) is 18.6 Å². The van der Waals surface area contributed by atoms with Gasteiger partial charge < -0.3 is 14.6 Å². The molecule has 3 fully saturated rings. The van der Waals surface area contributed by atoms with E-state index in [0.29, 0.717) is 17.9 Å². The van der Waals surface area contributed by atoms with Gasteiger partial charge in [-0.1, -0.05) is 0 Å². The van der Waals surface area contributed by atoms with Crippen LogP contribution in [0.3, 0.4) is 0 Å². The highest BCUT2D eigenvalue weighted by Gasteiger charge is 2.44. The predicted octanol–water partition coefficient (Wildman–Crippen LogP) is 1.03. The first-order chi connectivity index (χ1) is 12.2. The lowest BCUT2D eigenvalue weighted by molar-refractivity contribution is -0.000854. The molecule has 134 valence electrons. The molecule has 2 aromatic rings. The SMILES string of the molecule is Cn1cnc2nc(N3C[C@H]4C[C@@H](N5CCCC5)[C@H](O)C[C@H]4C3)ncc21. The highest BCUT2D eigenvalue weighted by molar-refractivity contribution is 5.71.